The van der Waals surface area contributed by atoms with Crippen molar-refractivity contribution in [2.24, 2.45) is 0 Å². The van der Waals surface area contributed by atoms with E-state index < -0.39 is 0 Å². The Labute approximate surface area is 110 Å². The average molecular weight is 291 g/mol. The van der Waals surface area contributed by atoms with Crippen LogP contribution in [0.3, 0.4) is 0 Å². The van der Waals surface area contributed by atoms with E-state index in [1.807, 2.05) is 6.07 Å². The van der Waals surface area contributed by atoms with Gasteiger partial charge in [0.25, 0.3) is 0 Å². The molecular weight excluding hydrogens is 276 g/mol. The molecule has 17 heavy (non-hydrogen) atoms. The highest BCUT2D eigenvalue weighted by atomic mass is 79.9. The quantitative estimate of drug-likeness (QED) is 0.779. The Hall–Kier alpha value is -1.22. The topological polar surface area (TPSA) is 25.8 Å². The van der Waals surface area contributed by atoms with Crippen molar-refractivity contribution in [2.75, 3.05) is 0 Å². The molecule has 0 fully saturated rings. The highest BCUT2D eigenvalue weighted by molar-refractivity contribution is 9.10. The Morgan fingerprint density at radius 3 is 2.53 bits per heavy atom. The number of rotatable bonds is 2. The molecule has 0 aliphatic rings. The van der Waals surface area contributed by atoms with Gasteiger partial charge in [0, 0.05) is 12.0 Å². The molecule has 0 saturated heterocycles. The van der Waals surface area contributed by atoms with Gasteiger partial charge >= 0.3 is 0 Å². The summed E-state index contributed by atoms with van der Waals surface area (Å²) in [6, 6.07) is 8.39. The minimum absolute atomic E-state index is 0.845. The minimum atomic E-state index is 0.845. The van der Waals surface area contributed by atoms with Gasteiger partial charge in [0.05, 0.1) is 5.69 Å². The van der Waals surface area contributed by atoms with Gasteiger partial charge in [-0.3, -0.25) is 0 Å². The Kier molecular flexibility index (Phi) is 3.57. The van der Waals surface area contributed by atoms with E-state index in [4.69, 9.17) is 0 Å². The first-order valence-electron chi connectivity index (χ1n) is 5.71. The van der Waals surface area contributed by atoms with Crippen molar-refractivity contribution < 1.29 is 0 Å². The predicted octanol–water partition coefficient (Wildman–Crippen LogP) is 4.09. The van der Waals surface area contributed by atoms with Crippen LogP contribution in [0.5, 0.6) is 0 Å². The van der Waals surface area contributed by atoms with Gasteiger partial charge < -0.3 is 0 Å². The molecular formula is C14H15BrN2. The van der Waals surface area contributed by atoms with Crippen LogP contribution in [0.4, 0.5) is 0 Å². The van der Waals surface area contributed by atoms with E-state index in [-0.39, 0.29) is 0 Å². The molecule has 88 valence electrons. The molecule has 0 atom stereocenters. The molecule has 1 aromatic carbocycles. The van der Waals surface area contributed by atoms with Gasteiger partial charge in [-0.15, -0.1) is 0 Å². The van der Waals surface area contributed by atoms with Gasteiger partial charge in [0.15, 0.2) is 0 Å². The van der Waals surface area contributed by atoms with Crippen LogP contribution in [0.1, 0.15) is 23.9 Å². The zero-order valence-corrected chi connectivity index (χ0v) is 11.9. The van der Waals surface area contributed by atoms with E-state index in [0.29, 0.717) is 0 Å². The molecule has 2 nitrogen and oxygen atoms in total. The normalized spacial score (nSPS) is 10.6. The Morgan fingerprint density at radius 2 is 1.88 bits per heavy atom. The summed E-state index contributed by atoms with van der Waals surface area (Å²) in [7, 11) is 0. The van der Waals surface area contributed by atoms with E-state index in [9.17, 15) is 0 Å². The third kappa shape index (κ3) is 2.72. The molecule has 0 spiro atoms. The maximum atomic E-state index is 4.57. The van der Waals surface area contributed by atoms with Gasteiger partial charge in [-0.25, -0.2) is 9.97 Å². The molecule has 0 N–H and O–H groups in total. The van der Waals surface area contributed by atoms with Crippen molar-refractivity contribution in [3.63, 3.8) is 0 Å². The lowest BCUT2D eigenvalue weighted by molar-refractivity contribution is 0.931. The van der Waals surface area contributed by atoms with Gasteiger partial charge in [0.1, 0.15) is 10.4 Å². The summed E-state index contributed by atoms with van der Waals surface area (Å²) in [6.45, 7) is 6.28. The van der Waals surface area contributed by atoms with E-state index in [0.717, 1.165) is 22.5 Å². The highest BCUT2D eigenvalue weighted by Gasteiger charge is 2.06. The van der Waals surface area contributed by atoms with Gasteiger partial charge in [0.2, 0.25) is 0 Å². The van der Waals surface area contributed by atoms with Crippen LogP contribution in [0.15, 0.2) is 28.9 Å². The average Bonchev–Trinajstić information content (AvgIpc) is 2.28. The lowest BCUT2D eigenvalue weighted by Gasteiger charge is -2.08. The monoisotopic (exact) mass is 290 g/mol. The SMILES string of the molecule is CCc1nc(Br)cc(-c2ccc(C)cc2C)n1. The number of aryl methyl sites for hydroxylation is 3. The molecule has 0 unspecified atom stereocenters. The second-order valence-corrected chi connectivity index (χ2v) is 4.98. The van der Waals surface area contributed by atoms with Crippen LogP contribution in [0.25, 0.3) is 11.3 Å². The molecule has 0 amide bonds. The fourth-order valence-corrected chi connectivity index (χ4v) is 2.28. The number of benzene rings is 1. The second-order valence-electron chi connectivity index (χ2n) is 4.16. The summed E-state index contributed by atoms with van der Waals surface area (Å²) < 4.78 is 0.847. The van der Waals surface area contributed by atoms with E-state index in [1.165, 1.54) is 16.7 Å². The summed E-state index contributed by atoms with van der Waals surface area (Å²) in [6.07, 6.45) is 0.845. The lowest BCUT2D eigenvalue weighted by atomic mass is 10.0. The molecule has 0 aliphatic heterocycles. The molecule has 0 bridgehead atoms. The van der Waals surface area contributed by atoms with E-state index >= 15 is 0 Å². The summed E-state index contributed by atoms with van der Waals surface area (Å²) in [5, 5.41) is 0. The first kappa shape index (κ1) is 12.2. The van der Waals surface area contributed by atoms with E-state index in [1.54, 1.807) is 0 Å². The van der Waals surface area contributed by atoms with Crippen molar-refractivity contribution in [2.45, 2.75) is 27.2 Å². The van der Waals surface area contributed by atoms with Crippen molar-refractivity contribution in [3.8, 4) is 11.3 Å². The molecule has 2 aromatic rings. The Balaban J connectivity index is 2.55. The predicted molar refractivity (Wildman–Crippen MR) is 74.0 cm³/mol. The van der Waals surface area contributed by atoms with Crippen LogP contribution in [0, 0.1) is 13.8 Å². The molecule has 2 rings (SSSR count). The molecule has 1 aromatic heterocycles. The van der Waals surface area contributed by atoms with Gasteiger partial charge in [-0.2, -0.15) is 0 Å². The summed E-state index contributed by atoms with van der Waals surface area (Å²) in [4.78, 5) is 8.90. The number of nitrogens with zero attached hydrogens (tertiary/aromatic N) is 2. The molecule has 0 aliphatic carbocycles. The Bertz CT molecular complexity index is 550. The standard InChI is InChI=1S/C14H15BrN2/c1-4-14-16-12(8-13(15)17-14)11-6-5-9(2)7-10(11)3/h5-8H,4H2,1-3H3. The third-order valence-electron chi connectivity index (χ3n) is 2.72. The number of hydrogen-bond acceptors (Lipinski definition) is 2. The van der Waals surface area contributed by atoms with E-state index in [2.05, 4.69) is 64.9 Å². The van der Waals surface area contributed by atoms with Gasteiger partial charge in [-0.05, 0) is 41.4 Å². The van der Waals surface area contributed by atoms with Crippen molar-refractivity contribution in [1.29, 1.82) is 0 Å². The maximum Gasteiger partial charge on any atom is 0.130 e. The molecule has 3 heteroatoms. The van der Waals surface area contributed by atoms with Crippen molar-refractivity contribution >= 4 is 15.9 Å². The van der Waals surface area contributed by atoms with Gasteiger partial charge in [-0.1, -0.05) is 30.7 Å². The fraction of sp³-hybridized carbons (Fsp3) is 0.286. The first-order chi connectivity index (χ1) is 8.10. The smallest absolute Gasteiger partial charge is 0.130 e. The third-order valence-corrected chi connectivity index (χ3v) is 3.12. The maximum absolute atomic E-state index is 4.57. The molecule has 0 saturated carbocycles. The largest absolute Gasteiger partial charge is 0.233 e. The van der Waals surface area contributed by atoms with Crippen molar-refractivity contribution in [3.05, 3.63) is 45.8 Å². The van der Waals surface area contributed by atoms with Crippen LogP contribution in [0.2, 0.25) is 0 Å². The van der Waals surface area contributed by atoms with Crippen molar-refractivity contribution in [1.82, 2.24) is 9.97 Å². The fourth-order valence-electron chi connectivity index (χ4n) is 1.86. The number of hydrogen-bond donors (Lipinski definition) is 0. The number of aromatic nitrogens is 2. The summed E-state index contributed by atoms with van der Waals surface area (Å²) in [5.74, 6) is 0.870. The van der Waals surface area contributed by atoms with Crippen LogP contribution in [-0.4, -0.2) is 9.97 Å². The molecule has 1 heterocycles. The number of halogens is 1. The van der Waals surface area contributed by atoms with Crippen LogP contribution in [-0.2, 0) is 6.42 Å². The minimum Gasteiger partial charge on any atom is -0.233 e. The zero-order valence-electron chi connectivity index (χ0n) is 10.3. The van der Waals surface area contributed by atoms with Crippen LogP contribution < -0.4 is 0 Å². The zero-order chi connectivity index (χ0) is 12.4. The molecule has 0 radical (unpaired) electrons. The summed E-state index contributed by atoms with van der Waals surface area (Å²) in [5.41, 5.74) is 4.68. The summed E-state index contributed by atoms with van der Waals surface area (Å²) >= 11 is 3.44. The highest BCUT2D eigenvalue weighted by Crippen LogP contribution is 2.24. The lowest BCUT2D eigenvalue weighted by Crippen LogP contribution is -1.97. The Morgan fingerprint density at radius 1 is 1.12 bits per heavy atom. The second kappa shape index (κ2) is 4.96. The van der Waals surface area contributed by atoms with Crippen LogP contribution >= 0.6 is 15.9 Å². The first-order valence-corrected chi connectivity index (χ1v) is 6.50.